The number of rotatable bonds is 8. The zero-order chi connectivity index (χ0) is 13.7. The molecule has 2 rings (SSSR count). The Morgan fingerprint density at radius 1 is 1.37 bits per heavy atom. The van der Waals surface area contributed by atoms with E-state index < -0.39 is 0 Å². The lowest BCUT2D eigenvalue weighted by atomic mass is 10.1. The molecule has 1 aromatic rings. The second-order valence-electron chi connectivity index (χ2n) is 5.16. The number of halogens is 1. The molecule has 1 unspecified atom stereocenters. The average Bonchev–Trinajstić information content (AvgIpc) is 3.18. The number of benzene rings is 1. The highest BCUT2D eigenvalue weighted by atomic mass is 19.1. The van der Waals surface area contributed by atoms with Crippen molar-refractivity contribution in [3.05, 3.63) is 29.6 Å². The summed E-state index contributed by atoms with van der Waals surface area (Å²) < 4.78 is 19.1. The fraction of sp³-hybridized carbons (Fsp3) is 0.600. The molecule has 0 radical (unpaired) electrons. The van der Waals surface area contributed by atoms with Gasteiger partial charge in [0.05, 0.1) is 6.61 Å². The molecule has 2 N–H and O–H groups in total. The van der Waals surface area contributed by atoms with Gasteiger partial charge in [0.2, 0.25) is 0 Å². The average molecular weight is 267 g/mol. The van der Waals surface area contributed by atoms with Gasteiger partial charge in [-0.05, 0) is 50.3 Å². The van der Waals surface area contributed by atoms with Crippen molar-refractivity contribution in [1.29, 1.82) is 0 Å². The minimum Gasteiger partial charge on any atom is -0.493 e. The van der Waals surface area contributed by atoms with Crippen molar-refractivity contribution in [1.82, 2.24) is 5.32 Å². The van der Waals surface area contributed by atoms with Crippen molar-refractivity contribution in [2.75, 3.05) is 13.2 Å². The van der Waals surface area contributed by atoms with Crippen LogP contribution < -0.4 is 10.1 Å². The first-order chi connectivity index (χ1) is 9.19. The number of nitrogens with one attached hydrogen (secondary N) is 1. The van der Waals surface area contributed by atoms with Crippen LogP contribution in [0.3, 0.4) is 0 Å². The number of aliphatic hydroxyl groups excluding tert-OH is 1. The van der Waals surface area contributed by atoms with Gasteiger partial charge in [-0.25, -0.2) is 4.39 Å². The molecule has 1 aliphatic rings. The van der Waals surface area contributed by atoms with E-state index in [9.17, 15) is 4.39 Å². The monoisotopic (exact) mass is 267 g/mol. The molecule has 1 atom stereocenters. The van der Waals surface area contributed by atoms with Crippen LogP contribution >= 0.6 is 0 Å². The van der Waals surface area contributed by atoms with E-state index in [1.165, 1.54) is 18.9 Å². The van der Waals surface area contributed by atoms with Crippen LogP contribution in [0.2, 0.25) is 0 Å². The van der Waals surface area contributed by atoms with Gasteiger partial charge in [0.1, 0.15) is 11.6 Å². The summed E-state index contributed by atoms with van der Waals surface area (Å²) >= 11 is 0. The topological polar surface area (TPSA) is 41.5 Å². The Morgan fingerprint density at radius 2 is 2.16 bits per heavy atom. The van der Waals surface area contributed by atoms with Gasteiger partial charge in [0.25, 0.3) is 0 Å². The first kappa shape index (κ1) is 14.3. The van der Waals surface area contributed by atoms with Gasteiger partial charge in [-0.15, -0.1) is 0 Å². The molecule has 3 nitrogen and oxygen atoms in total. The summed E-state index contributed by atoms with van der Waals surface area (Å²) in [5.74, 6) is 0.302. The van der Waals surface area contributed by atoms with Crippen LogP contribution in [0.25, 0.3) is 0 Å². The van der Waals surface area contributed by atoms with Crippen LogP contribution in [0.4, 0.5) is 4.39 Å². The summed E-state index contributed by atoms with van der Waals surface area (Å²) in [5.41, 5.74) is 0.920. The molecule has 0 spiro atoms. The summed E-state index contributed by atoms with van der Waals surface area (Å²) in [7, 11) is 0. The zero-order valence-electron chi connectivity index (χ0n) is 11.4. The Bertz CT molecular complexity index is 407. The van der Waals surface area contributed by atoms with Crippen LogP contribution in [0.15, 0.2) is 18.2 Å². The second-order valence-corrected chi connectivity index (χ2v) is 5.16. The first-order valence-electron chi connectivity index (χ1n) is 6.99. The summed E-state index contributed by atoms with van der Waals surface area (Å²) in [5, 5.41) is 12.1. The molecule has 0 aromatic heterocycles. The summed E-state index contributed by atoms with van der Waals surface area (Å²) in [6.45, 7) is 2.72. The molecule has 0 bridgehead atoms. The number of unbranched alkanes of at least 4 members (excludes halogenated alkanes) is 1. The summed E-state index contributed by atoms with van der Waals surface area (Å²) in [6.07, 6.45) is 3.91. The summed E-state index contributed by atoms with van der Waals surface area (Å²) in [4.78, 5) is 0. The molecule has 1 aliphatic carbocycles. The fourth-order valence-electron chi connectivity index (χ4n) is 2.02. The molecule has 19 heavy (non-hydrogen) atoms. The van der Waals surface area contributed by atoms with Gasteiger partial charge in [0.15, 0.2) is 0 Å². The molecule has 4 heteroatoms. The SMILES string of the molecule is CC(NC1CC1)c1cc(F)cc(OCCCCO)c1. The van der Waals surface area contributed by atoms with E-state index in [1.54, 1.807) is 6.07 Å². The van der Waals surface area contributed by atoms with Crippen molar-refractivity contribution in [2.45, 2.75) is 44.7 Å². The Hall–Kier alpha value is -1.13. The lowest BCUT2D eigenvalue weighted by molar-refractivity contribution is 0.252. The Kier molecular flexibility index (Phi) is 5.16. The van der Waals surface area contributed by atoms with Gasteiger partial charge in [0, 0.05) is 24.8 Å². The normalized spacial score (nSPS) is 16.4. The molecule has 1 saturated carbocycles. The van der Waals surface area contributed by atoms with E-state index in [-0.39, 0.29) is 18.5 Å². The van der Waals surface area contributed by atoms with Crippen molar-refractivity contribution in [3.63, 3.8) is 0 Å². The Morgan fingerprint density at radius 3 is 2.84 bits per heavy atom. The fourth-order valence-corrected chi connectivity index (χ4v) is 2.02. The minimum atomic E-state index is -0.265. The second kappa shape index (κ2) is 6.87. The van der Waals surface area contributed by atoms with Gasteiger partial charge in [-0.3, -0.25) is 0 Å². The lowest BCUT2D eigenvalue weighted by Crippen LogP contribution is -2.20. The zero-order valence-corrected chi connectivity index (χ0v) is 11.4. The molecular weight excluding hydrogens is 245 g/mol. The van der Waals surface area contributed by atoms with Crippen LogP contribution in [-0.4, -0.2) is 24.4 Å². The predicted molar refractivity (Wildman–Crippen MR) is 72.8 cm³/mol. The smallest absolute Gasteiger partial charge is 0.127 e. The van der Waals surface area contributed by atoms with Crippen molar-refractivity contribution in [3.8, 4) is 5.75 Å². The maximum atomic E-state index is 13.6. The number of hydrogen-bond donors (Lipinski definition) is 2. The molecule has 106 valence electrons. The van der Waals surface area contributed by atoms with E-state index in [2.05, 4.69) is 5.32 Å². The molecule has 1 fully saturated rings. The number of aliphatic hydroxyl groups is 1. The molecule has 0 heterocycles. The third-order valence-electron chi connectivity index (χ3n) is 3.28. The maximum Gasteiger partial charge on any atom is 0.127 e. The quantitative estimate of drug-likeness (QED) is 0.712. The largest absolute Gasteiger partial charge is 0.493 e. The summed E-state index contributed by atoms with van der Waals surface area (Å²) in [6, 6.07) is 5.59. The van der Waals surface area contributed by atoms with Crippen LogP contribution in [0.1, 0.15) is 44.2 Å². The highest BCUT2D eigenvalue weighted by Gasteiger charge is 2.23. The first-order valence-corrected chi connectivity index (χ1v) is 6.99. The maximum absolute atomic E-state index is 13.6. The Labute approximate surface area is 113 Å². The van der Waals surface area contributed by atoms with Crippen LogP contribution in [-0.2, 0) is 0 Å². The van der Waals surface area contributed by atoms with Gasteiger partial charge in [-0.1, -0.05) is 0 Å². The van der Waals surface area contributed by atoms with Crippen LogP contribution in [0, 0.1) is 5.82 Å². The lowest BCUT2D eigenvalue weighted by Gasteiger charge is -2.15. The van der Waals surface area contributed by atoms with Crippen molar-refractivity contribution in [2.24, 2.45) is 0 Å². The van der Waals surface area contributed by atoms with E-state index in [0.29, 0.717) is 24.8 Å². The van der Waals surface area contributed by atoms with E-state index in [0.717, 1.165) is 12.0 Å². The standard InChI is InChI=1S/C15H22FNO2/c1-11(17-14-4-5-14)12-8-13(16)10-15(9-12)19-7-3-2-6-18/h8-11,14,17-18H,2-7H2,1H3. The molecule has 0 saturated heterocycles. The molecule has 0 aliphatic heterocycles. The molecular formula is C15H22FNO2. The van der Waals surface area contributed by atoms with Gasteiger partial charge < -0.3 is 15.2 Å². The van der Waals surface area contributed by atoms with E-state index in [4.69, 9.17) is 9.84 Å². The van der Waals surface area contributed by atoms with E-state index >= 15 is 0 Å². The van der Waals surface area contributed by atoms with Gasteiger partial charge in [-0.2, -0.15) is 0 Å². The van der Waals surface area contributed by atoms with Crippen molar-refractivity contribution >= 4 is 0 Å². The van der Waals surface area contributed by atoms with E-state index in [1.807, 2.05) is 13.0 Å². The predicted octanol–water partition coefficient (Wildman–Crippen LogP) is 2.79. The minimum absolute atomic E-state index is 0.142. The third kappa shape index (κ3) is 4.80. The van der Waals surface area contributed by atoms with Crippen LogP contribution in [0.5, 0.6) is 5.75 Å². The van der Waals surface area contributed by atoms with Gasteiger partial charge >= 0.3 is 0 Å². The highest BCUT2D eigenvalue weighted by molar-refractivity contribution is 5.31. The highest BCUT2D eigenvalue weighted by Crippen LogP contribution is 2.26. The third-order valence-corrected chi connectivity index (χ3v) is 3.28. The molecule has 0 amide bonds. The number of ether oxygens (including phenoxy) is 1. The molecule has 1 aromatic carbocycles. The van der Waals surface area contributed by atoms with Crippen molar-refractivity contribution < 1.29 is 14.2 Å². The Balaban J connectivity index is 1.93. The number of hydrogen-bond acceptors (Lipinski definition) is 3.